The van der Waals surface area contributed by atoms with Crippen molar-refractivity contribution in [1.29, 1.82) is 0 Å². The van der Waals surface area contributed by atoms with Gasteiger partial charge in [-0.2, -0.15) is 0 Å². The summed E-state index contributed by atoms with van der Waals surface area (Å²) in [6.07, 6.45) is -0.359. The minimum atomic E-state index is -0.359. The molecule has 0 atom stereocenters. The van der Waals surface area contributed by atoms with Crippen LogP contribution in [-0.2, 0) is 9.47 Å². The van der Waals surface area contributed by atoms with E-state index in [-0.39, 0.29) is 6.29 Å². The number of pyridine rings is 1. The summed E-state index contributed by atoms with van der Waals surface area (Å²) < 4.78 is 16.3. The number of nitrogens with zero attached hydrogens (tertiary/aromatic N) is 1. The average molecular weight is 231 g/mol. The molecule has 2 aromatic rings. The number of ether oxygens (including phenoxy) is 3. The smallest absolute Gasteiger partial charge is 0.222 e. The summed E-state index contributed by atoms with van der Waals surface area (Å²) in [5, 5.41) is 1.06. The maximum absolute atomic E-state index is 5.49. The molecule has 0 unspecified atom stereocenters. The van der Waals surface area contributed by atoms with E-state index in [0.29, 0.717) is 19.1 Å². The lowest BCUT2D eigenvalue weighted by Crippen LogP contribution is -2.03. The molecule has 2 heterocycles. The highest BCUT2D eigenvalue weighted by Gasteiger charge is 2.23. The zero-order valence-corrected chi connectivity index (χ0v) is 9.55. The van der Waals surface area contributed by atoms with Crippen molar-refractivity contribution in [1.82, 2.24) is 4.98 Å². The number of fused-ring (bicyclic) bond motifs is 1. The summed E-state index contributed by atoms with van der Waals surface area (Å²) in [6.45, 7) is 1.22. The lowest BCUT2D eigenvalue weighted by Gasteiger charge is -2.13. The molecule has 1 aromatic heterocycles. The van der Waals surface area contributed by atoms with Crippen molar-refractivity contribution >= 4 is 10.9 Å². The van der Waals surface area contributed by atoms with Gasteiger partial charge in [-0.1, -0.05) is 18.2 Å². The Morgan fingerprint density at radius 1 is 1.24 bits per heavy atom. The van der Waals surface area contributed by atoms with E-state index in [9.17, 15) is 0 Å². The van der Waals surface area contributed by atoms with Crippen LogP contribution in [0.2, 0.25) is 0 Å². The summed E-state index contributed by atoms with van der Waals surface area (Å²) in [7, 11) is 1.61. The second kappa shape index (κ2) is 4.31. The van der Waals surface area contributed by atoms with E-state index in [1.54, 1.807) is 7.11 Å². The Hall–Kier alpha value is -1.65. The van der Waals surface area contributed by atoms with Gasteiger partial charge in [-0.05, 0) is 12.1 Å². The quantitative estimate of drug-likeness (QED) is 0.795. The van der Waals surface area contributed by atoms with E-state index < -0.39 is 0 Å². The van der Waals surface area contributed by atoms with Crippen LogP contribution in [-0.4, -0.2) is 25.3 Å². The summed E-state index contributed by atoms with van der Waals surface area (Å²) in [6, 6.07) is 9.92. The van der Waals surface area contributed by atoms with Crippen LogP contribution in [0.4, 0.5) is 0 Å². The Balaban J connectivity index is 2.14. The van der Waals surface area contributed by atoms with Crippen molar-refractivity contribution in [3.05, 3.63) is 35.9 Å². The molecule has 0 radical (unpaired) electrons. The topological polar surface area (TPSA) is 40.6 Å². The summed E-state index contributed by atoms with van der Waals surface area (Å²) in [5.41, 5.74) is 1.76. The number of rotatable bonds is 2. The fraction of sp³-hybridized carbons (Fsp3) is 0.308. The Bertz CT molecular complexity index is 535. The largest absolute Gasteiger partial charge is 0.481 e. The predicted octanol–water partition coefficient (Wildman–Crippen LogP) is 2.29. The molecule has 1 saturated heterocycles. The van der Waals surface area contributed by atoms with Crippen molar-refractivity contribution in [2.24, 2.45) is 0 Å². The highest BCUT2D eigenvalue weighted by molar-refractivity contribution is 5.80. The lowest BCUT2D eigenvalue weighted by atomic mass is 10.1. The van der Waals surface area contributed by atoms with Gasteiger partial charge in [-0.25, -0.2) is 4.98 Å². The van der Waals surface area contributed by atoms with Gasteiger partial charge in [0.15, 0.2) is 6.29 Å². The Morgan fingerprint density at radius 2 is 2.00 bits per heavy atom. The average Bonchev–Trinajstić information content (AvgIpc) is 2.91. The van der Waals surface area contributed by atoms with E-state index in [1.165, 1.54) is 0 Å². The highest BCUT2D eigenvalue weighted by atomic mass is 16.7. The van der Waals surface area contributed by atoms with Gasteiger partial charge in [-0.3, -0.25) is 0 Å². The third kappa shape index (κ3) is 1.85. The normalized spacial score (nSPS) is 16.5. The zero-order valence-electron chi connectivity index (χ0n) is 9.55. The Kier molecular flexibility index (Phi) is 2.66. The van der Waals surface area contributed by atoms with E-state index in [2.05, 4.69) is 4.98 Å². The predicted molar refractivity (Wildman–Crippen MR) is 62.9 cm³/mol. The lowest BCUT2D eigenvalue weighted by molar-refractivity contribution is -0.0457. The molecule has 1 fully saturated rings. The second-order valence-corrected chi connectivity index (χ2v) is 3.85. The number of benzene rings is 1. The third-order valence-electron chi connectivity index (χ3n) is 2.79. The highest BCUT2D eigenvalue weighted by Crippen LogP contribution is 2.32. The SMILES string of the molecule is COc1nc2ccccc2cc1C1OCCO1. The van der Waals surface area contributed by atoms with Crippen LogP contribution in [0.1, 0.15) is 11.9 Å². The second-order valence-electron chi connectivity index (χ2n) is 3.85. The molecule has 0 bridgehead atoms. The molecule has 1 aromatic carbocycles. The number of aromatic nitrogens is 1. The minimum Gasteiger partial charge on any atom is -0.481 e. The van der Waals surface area contributed by atoms with E-state index in [4.69, 9.17) is 14.2 Å². The molecular weight excluding hydrogens is 218 g/mol. The number of methoxy groups -OCH3 is 1. The number of hydrogen-bond acceptors (Lipinski definition) is 4. The fourth-order valence-electron chi connectivity index (χ4n) is 1.98. The van der Waals surface area contributed by atoms with Crippen LogP contribution in [0, 0.1) is 0 Å². The molecule has 17 heavy (non-hydrogen) atoms. The van der Waals surface area contributed by atoms with Gasteiger partial charge in [0, 0.05) is 5.39 Å². The van der Waals surface area contributed by atoms with Gasteiger partial charge in [0.05, 0.1) is 31.4 Å². The van der Waals surface area contributed by atoms with Gasteiger partial charge in [0.2, 0.25) is 5.88 Å². The minimum absolute atomic E-state index is 0.359. The van der Waals surface area contributed by atoms with Crippen LogP contribution in [0.25, 0.3) is 10.9 Å². The molecule has 0 aliphatic carbocycles. The van der Waals surface area contributed by atoms with Gasteiger partial charge < -0.3 is 14.2 Å². The maximum atomic E-state index is 5.49. The van der Waals surface area contributed by atoms with E-state index in [1.807, 2.05) is 30.3 Å². The van der Waals surface area contributed by atoms with Crippen LogP contribution < -0.4 is 4.74 Å². The molecule has 88 valence electrons. The van der Waals surface area contributed by atoms with Gasteiger partial charge in [-0.15, -0.1) is 0 Å². The van der Waals surface area contributed by atoms with Crippen molar-refractivity contribution in [3.8, 4) is 5.88 Å². The summed E-state index contributed by atoms with van der Waals surface area (Å²) >= 11 is 0. The third-order valence-corrected chi connectivity index (χ3v) is 2.79. The first-order chi connectivity index (χ1) is 8.38. The van der Waals surface area contributed by atoms with Gasteiger partial charge in [0.1, 0.15) is 0 Å². The Morgan fingerprint density at radius 3 is 2.76 bits per heavy atom. The molecule has 0 N–H and O–H groups in total. The van der Waals surface area contributed by atoms with Crippen molar-refractivity contribution in [3.63, 3.8) is 0 Å². The van der Waals surface area contributed by atoms with E-state index >= 15 is 0 Å². The van der Waals surface area contributed by atoms with Crippen molar-refractivity contribution in [2.75, 3.05) is 20.3 Å². The summed E-state index contributed by atoms with van der Waals surface area (Å²) in [5.74, 6) is 0.565. The van der Waals surface area contributed by atoms with Crippen LogP contribution in [0.3, 0.4) is 0 Å². The first kappa shape index (κ1) is 10.5. The standard InChI is InChI=1S/C13H13NO3/c1-15-12-10(13-16-6-7-17-13)8-9-4-2-3-5-11(9)14-12/h2-5,8,13H,6-7H2,1H3. The molecule has 0 saturated carbocycles. The number of para-hydroxylation sites is 1. The fourth-order valence-corrected chi connectivity index (χ4v) is 1.98. The molecule has 0 spiro atoms. The molecule has 4 heteroatoms. The van der Waals surface area contributed by atoms with Gasteiger partial charge >= 0.3 is 0 Å². The molecule has 1 aliphatic rings. The first-order valence-electron chi connectivity index (χ1n) is 5.55. The maximum Gasteiger partial charge on any atom is 0.222 e. The molecule has 0 amide bonds. The number of hydrogen-bond donors (Lipinski definition) is 0. The first-order valence-corrected chi connectivity index (χ1v) is 5.55. The van der Waals surface area contributed by atoms with E-state index in [0.717, 1.165) is 16.5 Å². The van der Waals surface area contributed by atoms with Crippen molar-refractivity contribution < 1.29 is 14.2 Å². The molecular formula is C13H13NO3. The Labute approximate surface area is 99.1 Å². The zero-order chi connectivity index (χ0) is 11.7. The van der Waals surface area contributed by atoms with Crippen LogP contribution >= 0.6 is 0 Å². The monoisotopic (exact) mass is 231 g/mol. The van der Waals surface area contributed by atoms with Crippen molar-refractivity contribution in [2.45, 2.75) is 6.29 Å². The molecule has 3 rings (SSSR count). The van der Waals surface area contributed by atoms with Gasteiger partial charge in [0.25, 0.3) is 0 Å². The van der Waals surface area contributed by atoms with Crippen LogP contribution in [0.15, 0.2) is 30.3 Å². The summed E-state index contributed by atoms with van der Waals surface area (Å²) in [4.78, 5) is 4.46. The molecule has 1 aliphatic heterocycles. The molecule has 4 nitrogen and oxygen atoms in total. The van der Waals surface area contributed by atoms with Crippen LogP contribution in [0.5, 0.6) is 5.88 Å².